The summed E-state index contributed by atoms with van der Waals surface area (Å²) in [5.74, 6) is -1.97. The number of hydrogen-bond donors (Lipinski definition) is 1. The molecule has 0 saturated heterocycles. The Kier molecular flexibility index (Phi) is 6.26. The Balaban J connectivity index is 3.26. The summed E-state index contributed by atoms with van der Waals surface area (Å²) >= 11 is 0. The van der Waals surface area contributed by atoms with Crippen LogP contribution in [0.2, 0.25) is 0 Å². The lowest BCUT2D eigenvalue weighted by atomic mass is 10.0. The van der Waals surface area contributed by atoms with Crippen molar-refractivity contribution < 1.29 is 28.9 Å². The fourth-order valence-electron chi connectivity index (χ4n) is 1.61. The van der Waals surface area contributed by atoms with Crippen molar-refractivity contribution in [2.24, 2.45) is 0 Å². The maximum Gasteiger partial charge on any atom is 0.374 e. The number of esters is 2. The SMILES string of the molecule is CCOC(=O)/C(O)=C(/C(=O)OCC)c1ccc(OC)cc1. The first-order chi connectivity index (χ1) is 10.0. The zero-order chi connectivity index (χ0) is 15.8. The van der Waals surface area contributed by atoms with E-state index < -0.39 is 17.7 Å². The molecule has 0 radical (unpaired) electrons. The van der Waals surface area contributed by atoms with Crippen LogP contribution in [-0.4, -0.2) is 37.4 Å². The zero-order valence-corrected chi connectivity index (χ0v) is 12.2. The number of aliphatic hydroxyl groups excluding tert-OH is 1. The second-order valence-corrected chi connectivity index (χ2v) is 3.89. The molecule has 0 bridgehead atoms. The lowest BCUT2D eigenvalue weighted by molar-refractivity contribution is -0.142. The number of methoxy groups -OCH3 is 1. The van der Waals surface area contributed by atoms with Gasteiger partial charge in [-0.25, -0.2) is 9.59 Å². The van der Waals surface area contributed by atoms with Crippen molar-refractivity contribution in [3.05, 3.63) is 35.6 Å². The summed E-state index contributed by atoms with van der Waals surface area (Å²) in [4.78, 5) is 23.6. The van der Waals surface area contributed by atoms with Crippen molar-refractivity contribution in [1.29, 1.82) is 0 Å². The van der Waals surface area contributed by atoms with Gasteiger partial charge in [-0.3, -0.25) is 0 Å². The summed E-state index contributed by atoms with van der Waals surface area (Å²) in [6.45, 7) is 3.43. The number of hydrogen-bond acceptors (Lipinski definition) is 6. The van der Waals surface area contributed by atoms with E-state index in [2.05, 4.69) is 0 Å². The first kappa shape index (κ1) is 16.6. The number of carbonyl (C=O) groups is 2. The third-order valence-corrected chi connectivity index (χ3v) is 2.56. The fraction of sp³-hybridized carbons (Fsp3) is 0.333. The summed E-state index contributed by atoms with van der Waals surface area (Å²) in [6.07, 6.45) is 0. The largest absolute Gasteiger partial charge is 0.501 e. The molecule has 0 aliphatic carbocycles. The molecule has 0 saturated carbocycles. The molecular weight excluding hydrogens is 276 g/mol. The van der Waals surface area contributed by atoms with E-state index in [4.69, 9.17) is 14.2 Å². The zero-order valence-electron chi connectivity index (χ0n) is 12.2. The number of ether oxygens (including phenoxy) is 3. The quantitative estimate of drug-likeness (QED) is 0.491. The third-order valence-electron chi connectivity index (χ3n) is 2.56. The number of aliphatic hydroxyl groups is 1. The molecule has 6 heteroatoms. The monoisotopic (exact) mass is 294 g/mol. The van der Waals surface area contributed by atoms with Crippen molar-refractivity contribution in [2.75, 3.05) is 20.3 Å². The molecule has 0 spiro atoms. The minimum absolute atomic E-state index is 0.0849. The predicted octanol–water partition coefficient (Wildman–Crippen LogP) is 2.09. The van der Waals surface area contributed by atoms with E-state index in [1.165, 1.54) is 7.11 Å². The average molecular weight is 294 g/mol. The van der Waals surface area contributed by atoms with Crippen LogP contribution in [0.25, 0.3) is 5.57 Å². The smallest absolute Gasteiger partial charge is 0.374 e. The molecule has 0 aliphatic rings. The molecule has 1 rings (SSSR count). The molecule has 0 fully saturated rings. The molecule has 0 atom stereocenters. The number of benzene rings is 1. The molecule has 1 aromatic carbocycles. The van der Waals surface area contributed by atoms with Crippen molar-refractivity contribution in [1.82, 2.24) is 0 Å². The van der Waals surface area contributed by atoms with Gasteiger partial charge >= 0.3 is 11.9 Å². The normalized spacial score (nSPS) is 11.4. The molecule has 114 valence electrons. The molecule has 6 nitrogen and oxygen atoms in total. The van der Waals surface area contributed by atoms with Crippen LogP contribution in [-0.2, 0) is 19.1 Å². The van der Waals surface area contributed by atoms with Gasteiger partial charge < -0.3 is 19.3 Å². The first-order valence-corrected chi connectivity index (χ1v) is 6.47. The summed E-state index contributed by atoms with van der Waals surface area (Å²) < 4.78 is 14.6. The van der Waals surface area contributed by atoms with Crippen LogP contribution in [0.1, 0.15) is 19.4 Å². The van der Waals surface area contributed by atoms with Gasteiger partial charge in [0.15, 0.2) is 0 Å². The van der Waals surface area contributed by atoms with Crippen LogP contribution in [0.5, 0.6) is 5.75 Å². The lowest BCUT2D eigenvalue weighted by Crippen LogP contribution is -2.16. The minimum Gasteiger partial charge on any atom is -0.501 e. The molecule has 0 aliphatic heterocycles. The Morgan fingerprint density at radius 1 is 1.00 bits per heavy atom. The second-order valence-electron chi connectivity index (χ2n) is 3.89. The van der Waals surface area contributed by atoms with Gasteiger partial charge in [0, 0.05) is 0 Å². The topological polar surface area (TPSA) is 82.1 Å². The summed E-state index contributed by atoms with van der Waals surface area (Å²) in [5.41, 5.74) is 0.0951. The van der Waals surface area contributed by atoms with Crippen molar-refractivity contribution >= 4 is 17.5 Å². The van der Waals surface area contributed by atoms with E-state index >= 15 is 0 Å². The molecule has 1 aromatic rings. The van der Waals surface area contributed by atoms with Gasteiger partial charge in [-0.05, 0) is 31.5 Å². The van der Waals surface area contributed by atoms with Crippen LogP contribution in [0.15, 0.2) is 30.0 Å². The Hall–Kier alpha value is -2.50. The highest BCUT2D eigenvalue weighted by Gasteiger charge is 2.24. The summed E-state index contributed by atoms with van der Waals surface area (Å²) in [7, 11) is 1.51. The van der Waals surface area contributed by atoms with Crippen LogP contribution >= 0.6 is 0 Å². The third kappa shape index (κ3) is 4.24. The maximum absolute atomic E-state index is 12.0. The lowest BCUT2D eigenvalue weighted by Gasteiger charge is -2.10. The van der Waals surface area contributed by atoms with Crippen molar-refractivity contribution in [3.63, 3.8) is 0 Å². The molecular formula is C15H18O6. The predicted molar refractivity (Wildman–Crippen MR) is 75.8 cm³/mol. The summed E-state index contributed by atoms with van der Waals surface area (Å²) in [5, 5.41) is 9.96. The van der Waals surface area contributed by atoms with E-state index in [0.29, 0.717) is 11.3 Å². The highest BCUT2D eigenvalue weighted by molar-refractivity contribution is 6.21. The maximum atomic E-state index is 12.0. The molecule has 0 amide bonds. The van der Waals surface area contributed by atoms with Gasteiger partial charge in [-0.2, -0.15) is 0 Å². The Morgan fingerprint density at radius 2 is 1.52 bits per heavy atom. The number of carbonyl (C=O) groups excluding carboxylic acids is 2. The summed E-state index contributed by atoms with van der Waals surface area (Å²) in [6, 6.07) is 6.29. The van der Waals surface area contributed by atoms with Gasteiger partial charge in [0.1, 0.15) is 11.3 Å². The van der Waals surface area contributed by atoms with Crippen molar-refractivity contribution in [3.8, 4) is 5.75 Å². The van der Waals surface area contributed by atoms with E-state index in [9.17, 15) is 14.7 Å². The number of rotatable bonds is 6. The van der Waals surface area contributed by atoms with Gasteiger partial charge in [0.25, 0.3) is 0 Å². The Labute approximate surface area is 122 Å². The molecule has 0 aromatic heterocycles. The van der Waals surface area contributed by atoms with E-state index in [-0.39, 0.29) is 18.8 Å². The van der Waals surface area contributed by atoms with Gasteiger partial charge in [-0.1, -0.05) is 12.1 Å². The highest BCUT2D eigenvalue weighted by Crippen LogP contribution is 2.23. The Morgan fingerprint density at radius 3 is 2.00 bits per heavy atom. The first-order valence-electron chi connectivity index (χ1n) is 6.47. The van der Waals surface area contributed by atoms with Gasteiger partial charge in [0.05, 0.1) is 20.3 Å². The highest BCUT2D eigenvalue weighted by atomic mass is 16.5. The van der Waals surface area contributed by atoms with Crippen molar-refractivity contribution in [2.45, 2.75) is 13.8 Å². The molecule has 0 unspecified atom stereocenters. The van der Waals surface area contributed by atoms with Gasteiger partial charge in [0.2, 0.25) is 5.76 Å². The fourth-order valence-corrected chi connectivity index (χ4v) is 1.61. The second kappa shape index (κ2) is 7.94. The standard InChI is InChI=1S/C15H18O6/c1-4-20-14(17)12(13(16)15(18)21-5-2)10-6-8-11(19-3)9-7-10/h6-9,16H,4-5H2,1-3H3/b13-12-. The van der Waals surface area contributed by atoms with Gasteiger partial charge in [-0.15, -0.1) is 0 Å². The average Bonchev–Trinajstić information content (AvgIpc) is 2.48. The van der Waals surface area contributed by atoms with Crippen LogP contribution in [0.3, 0.4) is 0 Å². The van der Waals surface area contributed by atoms with Crippen LogP contribution in [0, 0.1) is 0 Å². The minimum atomic E-state index is -0.976. The molecule has 0 heterocycles. The van der Waals surface area contributed by atoms with E-state index in [0.717, 1.165) is 0 Å². The Bertz CT molecular complexity index is 530. The molecule has 1 N–H and O–H groups in total. The molecule has 21 heavy (non-hydrogen) atoms. The van der Waals surface area contributed by atoms with Crippen LogP contribution < -0.4 is 4.74 Å². The van der Waals surface area contributed by atoms with Crippen LogP contribution in [0.4, 0.5) is 0 Å². The van der Waals surface area contributed by atoms with E-state index in [1.54, 1.807) is 38.1 Å². The van der Waals surface area contributed by atoms with E-state index in [1.807, 2.05) is 0 Å².